The van der Waals surface area contributed by atoms with Gasteiger partial charge in [0.1, 0.15) is 11.5 Å². The molecule has 7 heteroatoms. The first-order valence-corrected chi connectivity index (χ1v) is 9.88. The Kier molecular flexibility index (Phi) is 5.64. The van der Waals surface area contributed by atoms with E-state index < -0.39 is 17.6 Å². The zero-order valence-corrected chi connectivity index (χ0v) is 17.8. The topological polar surface area (TPSA) is 67.9 Å². The van der Waals surface area contributed by atoms with E-state index in [2.05, 4.69) is 5.32 Å². The van der Waals surface area contributed by atoms with E-state index in [4.69, 9.17) is 9.47 Å². The van der Waals surface area contributed by atoms with Crippen molar-refractivity contribution < 1.29 is 23.5 Å². The highest BCUT2D eigenvalue weighted by Gasteiger charge is 2.40. The predicted molar refractivity (Wildman–Crippen MR) is 120 cm³/mol. The van der Waals surface area contributed by atoms with E-state index in [9.17, 15) is 14.0 Å². The average molecular weight is 432 g/mol. The third kappa shape index (κ3) is 3.69. The number of amides is 2. The van der Waals surface area contributed by atoms with Crippen molar-refractivity contribution >= 4 is 28.8 Å². The smallest absolute Gasteiger partial charge is 0.282 e. The second-order valence-electron chi connectivity index (χ2n) is 7.18. The lowest BCUT2D eigenvalue weighted by Gasteiger charge is -2.15. The minimum atomic E-state index is -0.533. The van der Waals surface area contributed by atoms with Crippen molar-refractivity contribution in [3.05, 3.63) is 89.4 Å². The molecule has 1 N–H and O–H groups in total. The second kappa shape index (κ2) is 8.55. The van der Waals surface area contributed by atoms with Gasteiger partial charge in [0.05, 0.1) is 25.5 Å². The van der Waals surface area contributed by atoms with Crippen LogP contribution in [-0.2, 0) is 9.59 Å². The number of para-hydroxylation sites is 1. The van der Waals surface area contributed by atoms with E-state index in [0.29, 0.717) is 22.7 Å². The van der Waals surface area contributed by atoms with Crippen molar-refractivity contribution in [3.63, 3.8) is 0 Å². The Hall–Kier alpha value is -4.13. The monoisotopic (exact) mass is 432 g/mol. The number of rotatable bonds is 6. The molecule has 1 heterocycles. The van der Waals surface area contributed by atoms with Crippen LogP contribution < -0.4 is 19.7 Å². The van der Waals surface area contributed by atoms with Crippen molar-refractivity contribution in [2.75, 3.05) is 24.4 Å². The second-order valence-corrected chi connectivity index (χ2v) is 7.18. The van der Waals surface area contributed by atoms with Gasteiger partial charge in [-0.3, -0.25) is 9.59 Å². The number of imide groups is 1. The number of carbonyl (C=O) groups is 2. The van der Waals surface area contributed by atoms with Crippen LogP contribution >= 0.6 is 0 Å². The van der Waals surface area contributed by atoms with Gasteiger partial charge in [-0.2, -0.15) is 0 Å². The molecule has 0 aliphatic carbocycles. The number of hydrogen-bond donors (Lipinski definition) is 1. The Morgan fingerprint density at radius 3 is 2.19 bits per heavy atom. The Labute approximate surface area is 184 Å². The van der Waals surface area contributed by atoms with Gasteiger partial charge < -0.3 is 14.8 Å². The summed E-state index contributed by atoms with van der Waals surface area (Å²) in [7, 11) is 3.01. The molecule has 1 aliphatic heterocycles. The Bertz CT molecular complexity index is 1230. The molecular formula is C25H21FN2O4. The molecular weight excluding hydrogens is 411 g/mol. The maximum atomic E-state index is 13.5. The molecule has 3 aromatic rings. The average Bonchev–Trinajstić information content (AvgIpc) is 3.04. The SMILES string of the molecule is COc1ccc(C2=C(Nc3ccccc3C)C(=O)N(c3ccc(F)cc3)C2=O)cc1OC. The molecule has 162 valence electrons. The number of carbonyl (C=O) groups excluding carboxylic acids is 2. The first kappa shape index (κ1) is 21.1. The number of methoxy groups -OCH3 is 2. The lowest BCUT2D eigenvalue weighted by atomic mass is 10.0. The molecule has 4 rings (SSSR count). The molecule has 0 radical (unpaired) electrons. The Morgan fingerprint density at radius 2 is 1.53 bits per heavy atom. The van der Waals surface area contributed by atoms with Gasteiger partial charge in [0.25, 0.3) is 11.8 Å². The van der Waals surface area contributed by atoms with Gasteiger partial charge in [0.2, 0.25) is 0 Å². The van der Waals surface area contributed by atoms with Gasteiger partial charge in [-0.15, -0.1) is 0 Å². The highest BCUT2D eigenvalue weighted by atomic mass is 19.1. The van der Waals surface area contributed by atoms with Crippen LogP contribution in [0.3, 0.4) is 0 Å². The van der Waals surface area contributed by atoms with Crippen LogP contribution in [0.25, 0.3) is 5.57 Å². The van der Waals surface area contributed by atoms with E-state index >= 15 is 0 Å². The first-order valence-electron chi connectivity index (χ1n) is 9.88. The number of ether oxygens (including phenoxy) is 2. The molecule has 0 aromatic heterocycles. The third-order valence-electron chi connectivity index (χ3n) is 5.25. The molecule has 32 heavy (non-hydrogen) atoms. The van der Waals surface area contributed by atoms with Crippen LogP contribution in [0.4, 0.5) is 15.8 Å². The van der Waals surface area contributed by atoms with Crippen molar-refractivity contribution in [1.82, 2.24) is 0 Å². The fraction of sp³-hybridized carbons (Fsp3) is 0.120. The maximum Gasteiger partial charge on any atom is 0.282 e. The highest BCUT2D eigenvalue weighted by Crippen LogP contribution is 2.37. The summed E-state index contributed by atoms with van der Waals surface area (Å²) >= 11 is 0. The zero-order chi connectivity index (χ0) is 22.8. The minimum absolute atomic E-state index is 0.126. The van der Waals surface area contributed by atoms with Crippen molar-refractivity contribution in [2.24, 2.45) is 0 Å². The summed E-state index contributed by atoms with van der Waals surface area (Å²) in [6.45, 7) is 1.90. The van der Waals surface area contributed by atoms with Gasteiger partial charge in [-0.05, 0) is 60.5 Å². The molecule has 0 saturated carbocycles. The maximum absolute atomic E-state index is 13.5. The zero-order valence-electron chi connectivity index (χ0n) is 17.8. The number of aryl methyl sites for hydroxylation is 1. The van der Waals surface area contributed by atoms with Crippen LogP contribution in [0.2, 0.25) is 0 Å². The molecule has 0 spiro atoms. The van der Waals surface area contributed by atoms with E-state index in [-0.39, 0.29) is 17.0 Å². The van der Waals surface area contributed by atoms with Crippen LogP contribution in [0.5, 0.6) is 11.5 Å². The van der Waals surface area contributed by atoms with Gasteiger partial charge in [-0.1, -0.05) is 24.3 Å². The first-order chi connectivity index (χ1) is 15.4. The summed E-state index contributed by atoms with van der Waals surface area (Å²) in [5, 5.41) is 3.14. The van der Waals surface area contributed by atoms with E-state index in [1.54, 1.807) is 18.2 Å². The molecule has 0 unspecified atom stereocenters. The van der Waals surface area contributed by atoms with E-state index in [1.807, 2.05) is 31.2 Å². The number of benzene rings is 3. The molecule has 0 bridgehead atoms. The summed E-state index contributed by atoms with van der Waals surface area (Å²) in [6, 6.07) is 17.7. The van der Waals surface area contributed by atoms with Crippen molar-refractivity contribution in [3.8, 4) is 11.5 Å². The van der Waals surface area contributed by atoms with Crippen molar-refractivity contribution in [1.29, 1.82) is 0 Å². The lowest BCUT2D eigenvalue weighted by molar-refractivity contribution is -0.120. The minimum Gasteiger partial charge on any atom is -0.493 e. The molecule has 0 atom stereocenters. The molecule has 1 aliphatic rings. The number of halogens is 1. The van der Waals surface area contributed by atoms with Gasteiger partial charge in [0.15, 0.2) is 11.5 Å². The third-order valence-corrected chi connectivity index (χ3v) is 5.25. The Balaban J connectivity index is 1.86. The largest absolute Gasteiger partial charge is 0.493 e. The fourth-order valence-corrected chi connectivity index (χ4v) is 3.58. The highest BCUT2D eigenvalue weighted by molar-refractivity contribution is 6.46. The molecule has 0 saturated heterocycles. The summed E-state index contributed by atoms with van der Waals surface area (Å²) in [6.07, 6.45) is 0. The van der Waals surface area contributed by atoms with Crippen molar-refractivity contribution in [2.45, 2.75) is 6.92 Å². The molecule has 6 nitrogen and oxygen atoms in total. The molecule has 2 amide bonds. The lowest BCUT2D eigenvalue weighted by Crippen LogP contribution is -2.32. The summed E-state index contributed by atoms with van der Waals surface area (Å²) in [4.78, 5) is 27.9. The summed E-state index contributed by atoms with van der Waals surface area (Å²) < 4.78 is 24.1. The number of nitrogens with one attached hydrogen (secondary N) is 1. The Morgan fingerprint density at radius 1 is 0.844 bits per heavy atom. The summed E-state index contributed by atoms with van der Waals surface area (Å²) in [5.41, 5.74) is 2.68. The fourth-order valence-electron chi connectivity index (χ4n) is 3.58. The van der Waals surface area contributed by atoms with Gasteiger partial charge in [-0.25, -0.2) is 9.29 Å². The normalized spacial score (nSPS) is 13.6. The van der Waals surface area contributed by atoms with Gasteiger partial charge in [0, 0.05) is 5.69 Å². The summed E-state index contributed by atoms with van der Waals surface area (Å²) in [5.74, 6) is -0.593. The predicted octanol–water partition coefficient (Wildman–Crippen LogP) is 4.55. The van der Waals surface area contributed by atoms with Crippen LogP contribution in [0.15, 0.2) is 72.4 Å². The number of anilines is 2. The number of nitrogens with zero attached hydrogens (tertiary/aromatic N) is 1. The van der Waals surface area contributed by atoms with Crippen LogP contribution in [-0.4, -0.2) is 26.0 Å². The molecule has 0 fully saturated rings. The van der Waals surface area contributed by atoms with Gasteiger partial charge >= 0.3 is 0 Å². The van der Waals surface area contributed by atoms with E-state index in [1.165, 1.54) is 38.5 Å². The van der Waals surface area contributed by atoms with Crippen LogP contribution in [0, 0.1) is 12.7 Å². The van der Waals surface area contributed by atoms with E-state index in [0.717, 1.165) is 10.5 Å². The molecule has 3 aromatic carbocycles. The number of hydrogen-bond acceptors (Lipinski definition) is 5. The quantitative estimate of drug-likeness (QED) is 0.579. The van der Waals surface area contributed by atoms with Crippen LogP contribution in [0.1, 0.15) is 11.1 Å². The standard InChI is InChI=1S/C25H21FN2O4/c1-15-6-4-5-7-19(15)27-23-22(16-8-13-20(31-2)21(14-16)32-3)24(29)28(25(23)30)18-11-9-17(26)10-12-18/h4-14,27H,1-3H3.